The number of hydrogen-bond acceptors (Lipinski definition) is 2. The molecule has 68 valence electrons. The molecule has 1 aromatic rings. The van der Waals surface area contributed by atoms with Crippen LogP contribution in [0.3, 0.4) is 0 Å². The Morgan fingerprint density at radius 3 is 2.92 bits per heavy atom. The van der Waals surface area contributed by atoms with E-state index >= 15 is 0 Å². The summed E-state index contributed by atoms with van der Waals surface area (Å²) in [4.78, 5) is 15.1. The van der Waals surface area contributed by atoms with Crippen molar-refractivity contribution in [3.05, 3.63) is 29.0 Å². The Morgan fingerprint density at radius 2 is 2.38 bits per heavy atom. The van der Waals surface area contributed by atoms with Gasteiger partial charge in [0, 0.05) is 30.8 Å². The molecule has 0 saturated carbocycles. The van der Waals surface area contributed by atoms with E-state index in [9.17, 15) is 4.79 Å². The third kappa shape index (κ3) is 1.80. The van der Waals surface area contributed by atoms with Crippen molar-refractivity contribution in [3.63, 3.8) is 0 Å². The molecule has 0 radical (unpaired) electrons. The van der Waals surface area contributed by atoms with Gasteiger partial charge in [0.1, 0.15) is 0 Å². The Balaban J connectivity index is 2.17. The summed E-state index contributed by atoms with van der Waals surface area (Å²) in [6, 6.07) is 3.67. The molecule has 1 amide bonds. The Morgan fingerprint density at radius 1 is 1.54 bits per heavy atom. The molecule has 1 atom stereocenters. The molecule has 1 aliphatic heterocycles. The van der Waals surface area contributed by atoms with E-state index in [-0.39, 0.29) is 11.8 Å². The number of halogens is 1. The highest BCUT2D eigenvalue weighted by Gasteiger charge is 2.23. The van der Waals surface area contributed by atoms with Gasteiger partial charge in [-0.2, -0.15) is 0 Å². The molecule has 1 N–H and O–H groups in total. The van der Waals surface area contributed by atoms with E-state index in [1.807, 2.05) is 6.07 Å². The second-order valence-corrected chi connectivity index (χ2v) is 3.54. The molecular formula is C9H9ClN2O. The van der Waals surface area contributed by atoms with Gasteiger partial charge in [-0.3, -0.25) is 9.78 Å². The number of carbonyl (C=O) groups excluding carboxylic acids is 1. The number of hydrogen-bond donors (Lipinski definition) is 1. The fourth-order valence-electron chi connectivity index (χ4n) is 1.44. The van der Waals surface area contributed by atoms with E-state index in [2.05, 4.69) is 10.3 Å². The van der Waals surface area contributed by atoms with Crippen LogP contribution in [0.1, 0.15) is 18.0 Å². The van der Waals surface area contributed by atoms with E-state index in [4.69, 9.17) is 11.6 Å². The average Bonchev–Trinajstić information content (AvgIpc) is 2.53. The zero-order valence-corrected chi connectivity index (χ0v) is 7.71. The topological polar surface area (TPSA) is 42.0 Å². The first-order valence-electron chi connectivity index (χ1n) is 4.14. The fourth-order valence-corrected chi connectivity index (χ4v) is 1.55. The summed E-state index contributed by atoms with van der Waals surface area (Å²) in [5.74, 6) is 0.312. The average molecular weight is 197 g/mol. The van der Waals surface area contributed by atoms with Crippen LogP contribution in [0.2, 0.25) is 5.02 Å². The Labute approximate surface area is 81.1 Å². The maximum atomic E-state index is 10.9. The van der Waals surface area contributed by atoms with Gasteiger partial charge < -0.3 is 5.32 Å². The quantitative estimate of drug-likeness (QED) is 0.737. The number of carbonyl (C=O) groups is 1. The van der Waals surface area contributed by atoms with Crippen LogP contribution in [0.15, 0.2) is 18.3 Å². The lowest BCUT2D eigenvalue weighted by molar-refractivity contribution is -0.119. The molecule has 0 spiro atoms. The fraction of sp³-hybridized carbons (Fsp3) is 0.333. The predicted octanol–water partition coefficient (Wildman–Crippen LogP) is 1.34. The highest BCUT2D eigenvalue weighted by molar-refractivity contribution is 6.30. The summed E-state index contributed by atoms with van der Waals surface area (Å²) in [6.07, 6.45) is 2.15. The molecule has 1 unspecified atom stereocenters. The minimum Gasteiger partial charge on any atom is -0.355 e. The standard InChI is InChI=1S/C9H9ClN2O/c10-7-1-2-8(11-5-7)6-3-9(13)12-4-6/h1-2,5-6H,3-4H2,(H,12,13). The van der Waals surface area contributed by atoms with Crippen molar-refractivity contribution < 1.29 is 4.79 Å². The van der Waals surface area contributed by atoms with Gasteiger partial charge in [0.05, 0.1) is 5.02 Å². The lowest BCUT2D eigenvalue weighted by Crippen LogP contribution is -2.13. The van der Waals surface area contributed by atoms with Crippen molar-refractivity contribution in [2.24, 2.45) is 0 Å². The van der Waals surface area contributed by atoms with Crippen LogP contribution in [0.5, 0.6) is 0 Å². The molecule has 0 aromatic carbocycles. The first-order valence-corrected chi connectivity index (χ1v) is 4.51. The summed E-state index contributed by atoms with van der Waals surface area (Å²) >= 11 is 5.70. The molecule has 0 aliphatic carbocycles. The Bertz CT molecular complexity index is 323. The number of rotatable bonds is 1. The van der Waals surface area contributed by atoms with Crippen LogP contribution in [0.4, 0.5) is 0 Å². The lowest BCUT2D eigenvalue weighted by atomic mass is 10.0. The van der Waals surface area contributed by atoms with Gasteiger partial charge in [-0.15, -0.1) is 0 Å². The largest absolute Gasteiger partial charge is 0.355 e. The van der Waals surface area contributed by atoms with Crippen LogP contribution >= 0.6 is 11.6 Å². The van der Waals surface area contributed by atoms with Gasteiger partial charge in [-0.1, -0.05) is 11.6 Å². The molecule has 3 nitrogen and oxygen atoms in total. The molecule has 2 rings (SSSR count). The van der Waals surface area contributed by atoms with Crippen LogP contribution in [0.25, 0.3) is 0 Å². The number of nitrogens with zero attached hydrogens (tertiary/aromatic N) is 1. The van der Waals surface area contributed by atoms with Crippen LogP contribution < -0.4 is 5.32 Å². The number of pyridine rings is 1. The van der Waals surface area contributed by atoms with Crippen molar-refractivity contribution in [2.75, 3.05) is 6.54 Å². The van der Waals surface area contributed by atoms with Gasteiger partial charge in [0.25, 0.3) is 0 Å². The van der Waals surface area contributed by atoms with Gasteiger partial charge >= 0.3 is 0 Å². The van der Waals surface area contributed by atoms with Crippen molar-refractivity contribution in [3.8, 4) is 0 Å². The minimum absolute atomic E-state index is 0.0988. The molecule has 13 heavy (non-hydrogen) atoms. The highest BCUT2D eigenvalue weighted by atomic mass is 35.5. The first-order chi connectivity index (χ1) is 6.25. The smallest absolute Gasteiger partial charge is 0.220 e. The van der Waals surface area contributed by atoms with Gasteiger partial charge in [-0.05, 0) is 12.1 Å². The zero-order valence-electron chi connectivity index (χ0n) is 6.96. The van der Waals surface area contributed by atoms with E-state index < -0.39 is 0 Å². The van der Waals surface area contributed by atoms with Crippen LogP contribution in [0, 0.1) is 0 Å². The highest BCUT2D eigenvalue weighted by Crippen LogP contribution is 2.21. The lowest BCUT2D eigenvalue weighted by Gasteiger charge is -2.05. The molecule has 1 aliphatic rings. The van der Waals surface area contributed by atoms with Crippen LogP contribution in [-0.2, 0) is 4.79 Å². The first kappa shape index (κ1) is 8.51. The molecular weight excluding hydrogens is 188 g/mol. The molecule has 2 heterocycles. The third-order valence-electron chi connectivity index (χ3n) is 2.15. The van der Waals surface area contributed by atoms with E-state index in [0.717, 1.165) is 5.69 Å². The van der Waals surface area contributed by atoms with E-state index in [1.54, 1.807) is 12.3 Å². The van der Waals surface area contributed by atoms with Crippen molar-refractivity contribution >= 4 is 17.5 Å². The third-order valence-corrected chi connectivity index (χ3v) is 2.37. The normalized spacial score (nSPS) is 21.6. The minimum atomic E-state index is 0.0988. The summed E-state index contributed by atoms with van der Waals surface area (Å²) in [7, 11) is 0. The summed E-state index contributed by atoms with van der Waals surface area (Å²) < 4.78 is 0. The number of nitrogens with one attached hydrogen (secondary N) is 1. The van der Waals surface area contributed by atoms with Crippen molar-refractivity contribution in [1.82, 2.24) is 10.3 Å². The van der Waals surface area contributed by atoms with E-state index in [0.29, 0.717) is 18.0 Å². The molecule has 1 fully saturated rings. The number of aromatic nitrogens is 1. The van der Waals surface area contributed by atoms with Gasteiger partial charge in [-0.25, -0.2) is 0 Å². The Kier molecular flexibility index (Phi) is 2.19. The summed E-state index contributed by atoms with van der Waals surface area (Å²) in [5, 5.41) is 3.40. The summed E-state index contributed by atoms with van der Waals surface area (Å²) in [6.45, 7) is 0.688. The Hall–Kier alpha value is -1.09. The second-order valence-electron chi connectivity index (χ2n) is 3.11. The maximum absolute atomic E-state index is 10.9. The molecule has 1 aromatic heterocycles. The SMILES string of the molecule is O=C1CC(c2ccc(Cl)cn2)CN1. The molecule has 1 saturated heterocycles. The van der Waals surface area contributed by atoms with Gasteiger partial charge in [0.2, 0.25) is 5.91 Å². The monoisotopic (exact) mass is 196 g/mol. The van der Waals surface area contributed by atoms with E-state index in [1.165, 1.54) is 0 Å². The van der Waals surface area contributed by atoms with Crippen molar-refractivity contribution in [2.45, 2.75) is 12.3 Å². The zero-order chi connectivity index (χ0) is 9.26. The van der Waals surface area contributed by atoms with Gasteiger partial charge in [0.15, 0.2) is 0 Å². The number of amides is 1. The summed E-state index contributed by atoms with van der Waals surface area (Å²) in [5.41, 5.74) is 0.933. The van der Waals surface area contributed by atoms with Crippen LogP contribution in [-0.4, -0.2) is 17.4 Å². The van der Waals surface area contributed by atoms with Crippen molar-refractivity contribution in [1.29, 1.82) is 0 Å². The maximum Gasteiger partial charge on any atom is 0.220 e. The second kappa shape index (κ2) is 3.34. The molecule has 4 heteroatoms. The predicted molar refractivity (Wildman–Crippen MR) is 49.6 cm³/mol. The molecule has 0 bridgehead atoms.